The zero-order valence-corrected chi connectivity index (χ0v) is 15.5. The fraction of sp³-hybridized carbons (Fsp3) is 0.400. The van der Waals surface area contributed by atoms with Crippen molar-refractivity contribution >= 4 is 23.3 Å². The second-order valence-electron chi connectivity index (χ2n) is 7.33. The highest BCUT2D eigenvalue weighted by Gasteiger charge is 2.30. The maximum absolute atomic E-state index is 12.0. The lowest BCUT2D eigenvalue weighted by Crippen LogP contribution is -2.39. The average molecular weight is 378 g/mol. The van der Waals surface area contributed by atoms with E-state index in [1.807, 2.05) is 40.9 Å². The molecule has 28 heavy (non-hydrogen) atoms. The van der Waals surface area contributed by atoms with Crippen molar-refractivity contribution in [1.82, 2.24) is 19.6 Å². The number of anilines is 2. The van der Waals surface area contributed by atoms with Crippen LogP contribution in [0.5, 0.6) is 5.88 Å². The van der Waals surface area contributed by atoms with Gasteiger partial charge in [0.1, 0.15) is 11.9 Å². The molecule has 0 aromatic carbocycles. The normalized spacial score (nSPS) is 17.6. The number of ether oxygens (including phenoxy) is 1. The highest BCUT2D eigenvalue weighted by Crippen LogP contribution is 2.30. The van der Waals surface area contributed by atoms with Crippen LogP contribution in [-0.4, -0.2) is 44.7 Å². The first kappa shape index (κ1) is 17.0. The molecule has 0 radical (unpaired) electrons. The Balaban J connectivity index is 1.28. The Kier molecular flexibility index (Phi) is 4.31. The van der Waals surface area contributed by atoms with Gasteiger partial charge < -0.3 is 9.64 Å². The van der Waals surface area contributed by atoms with Gasteiger partial charge in [0, 0.05) is 44.1 Å². The van der Waals surface area contributed by atoms with Crippen LogP contribution in [0, 0.1) is 5.92 Å². The van der Waals surface area contributed by atoms with E-state index in [1.165, 1.54) is 0 Å². The molecule has 1 amide bonds. The molecular weight excluding hydrogens is 356 g/mol. The zero-order chi connectivity index (χ0) is 18.9. The molecule has 0 atom stereocenters. The van der Waals surface area contributed by atoms with Crippen LogP contribution in [0.4, 0.5) is 11.8 Å². The van der Waals surface area contributed by atoms with E-state index in [9.17, 15) is 4.79 Å². The number of pyridine rings is 2. The van der Waals surface area contributed by atoms with Crippen LogP contribution in [0.2, 0.25) is 0 Å². The fourth-order valence-electron chi connectivity index (χ4n) is 3.53. The van der Waals surface area contributed by atoms with E-state index in [0.29, 0.717) is 11.8 Å². The number of carbonyl (C=O) groups is 1. The average Bonchev–Trinajstić information content (AvgIpc) is 3.49. The van der Waals surface area contributed by atoms with E-state index in [2.05, 4.69) is 25.3 Å². The van der Waals surface area contributed by atoms with E-state index in [-0.39, 0.29) is 17.9 Å². The van der Waals surface area contributed by atoms with Crippen LogP contribution >= 0.6 is 0 Å². The molecule has 3 aromatic rings. The number of amides is 1. The number of nitrogens with one attached hydrogen (secondary N) is 1. The lowest BCUT2D eigenvalue weighted by atomic mass is 10.1. The molecule has 0 spiro atoms. The number of rotatable bonds is 5. The molecular formula is C20H22N6O2. The molecule has 1 aliphatic heterocycles. The third-order valence-corrected chi connectivity index (χ3v) is 5.21. The van der Waals surface area contributed by atoms with Gasteiger partial charge in [-0.15, -0.1) is 5.10 Å². The number of hydrogen-bond donors (Lipinski definition) is 1. The topological polar surface area (TPSA) is 84.7 Å². The molecule has 1 N–H and O–H groups in total. The Labute approximate surface area is 162 Å². The van der Waals surface area contributed by atoms with Crippen molar-refractivity contribution < 1.29 is 9.53 Å². The molecule has 8 nitrogen and oxygen atoms in total. The number of carbonyl (C=O) groups excluding carboxylic acids is 1. The molecule has 5 rings (SSSR count). The van der Waals surface area contributed by atoms with Gasteiger partial charge in [-0.1, -0.05) is 12.1 Å². The first-order valence-corrected chi connectivity index (χ1v) is 9.75. The van der Waals surface area contributed by atoms with Crippen LogP contribution in [-0.2, 0) is 4.79 Å². The van der Waals surface area contributed by atoms with Gasteiger partial charge in [-0.05, 0) is 31.0 Å². The van der Waals surface area contributed by atoms with Gasteiger partial charge >= 0.3 is 0 Å². The maximum Gasteiger partial charge on any atom is 0.249 e. The summed E-state index contributed by atoms with van der Waals surface area (Å²) in [4.78, 5) is 23.0. The van der Waals surface area contributed by atoms with Crippen LogP contribution < -0.4 is 15.0 Å². The monoisotopic (exact) mass is 378 g/mol. The zero-order valence-electron chi connectivity index (χ0n) is 15.5. The molecule has 0 bridgehead atoms. The van der Waals surface area contributed by atoms with Crippen molar-refractivity contribution in [3.8, 4) is 5.88 Å². The van der Waals surface area contributed by atoms with Gasteiger partial charge in [0.25, 0.3) is 0 Å². The summed E-state index contributed by atoms with van der Waals surface area (Å²) in [5, 5.41) is 7.35. The quantitative estimate of drug-likeness (QED) is 0.734. The summed E-state index contributed by atoms with van der Waals surface area (Å²) in [6.07, 6.45) is 5.64. The van der Waals surface area contributed by atoms with E-state index >= 15 is 0 Å². The summed E-state index contributed by atoms with van der Waals surface area (Å²) in [6, 6.07) is 11.6. The lowest BCUT2D eigenvalue weighted by Gasteiger charge is -2.33. The second-order valence-corrected chi connectivity index (χ2v) is 7.33. The minimum absolute atomic E-state index is 0.0185. The Morgan fingerprint density at radius 3 is 2.68 bits per heavy atom. The smallest absolute Gasteiger partial charge is 0.249 e. The van der Waals surface area contributed by atoms with Crippen molar-refractivity contribution in [1.29, 1.82) is 0 Å². The lowest BCUT2D eigenvalue weighted by molar-refractivity contribution is -0.117. The molecule has 1 aliphatic carbocycles. The minimum atomic E-state index is 0.0185. The van der Waals surface area contributed by atoms with Crippen LogP contribution in [0.25, 0.3) is 5.65 Å². The first-order chi connectivity index (χ1) is 13.8. The largest absolute Gasteiger partial charge is 0.474 e. The van der Waals surface area contributed by atoms with E-state index in [0.717, 1.165) is 50.2 Å². The second kappa shape index (κ2) is 7.10. The molecule has 1 saturated carbocycles. The number of piperidine rings is 1. The number of aromatic nitrogens is 4. The van der Waals surface area contributed by atoms with Gasteiger partial charge in [0.15, 0.2) is 5.65 Å². The van der Waals surface area contributed by atoms with E-state index < -0.39 is 0 Å². The SMILES string of the molecule is O=C(Nc1nc2cccc(N3CCC(Oc4ccccn4)CC3)n2n1)C1CC1. The molecule has 144 valence electrons. The van der Waals surface area contributed by atoms with Gasteiger partial charge in [-0.2, -0.15) is 9.50 Å². The molecule has 0 unspecified atom stereocenters. The van der Waals surface area contributed by atoms with Gasteiger partial charge in [0.2, 0.25) is 17.7 Å². The van der Waals surface area contributed by atoms with E-state index in [1.54, 1.807) is 6.20 Å². The molecule has 2 fully saturated rings. The summed E-state index contributed by atoms with van der Waals surface area (Å²) < 4.78 is 7.79. The van der Waals surface area contributed by atoms with Crippen molar-refractivity contribution in [3.05, 3.63) is 42.6 Å². The van der Waals surface area contributed by atoms with Crippen LogP contribution in [0.3, 0.4) is 0 Å². The number of nitrogens with zero attached hydrogens (tertiary/aromatic N) is 5. The van der Waals surface area contributed by atoms with Gasteiger partial charge in [0.05, 0.1) is 0 Å². The van der Waals surface area contributed by atoms with E-state index in [4.69, 9.17) is 4.74 Å². The summed E-state index contributed by atoms with van der Waals surface area (Å²) in [5.41, 5.74) is 0.732. The minimum Gasteiger partial charge on any atom is -0.474 e. The Morgan fingerprint density at radius 2 is 1.93 bits per heavy atom. The number of hydrogen-bond acceptors (Lipinski definition) is 6. The maximum atomic E-state index is 12.0. The molecule has 4 heterocycles. The Bertz CT molecular complexity index is 977. The summed E-state index contributed by atoms with van der Waals surface area (Å²) in [5.74, 6) is 2.18. The van der Waals surface area contributed by atoms with Crippen LogP contribution in [0.1, 0.15) is 25.7 Å². The standard InChI is InChI=1S/C20H22N6O2/c27-19(14-7-8-14)23-20-22-16-4-3-6-18(26(16)24-20)25-12-9-15(10-13-25)28-17-5-1-2-11-21-17/h1-6,11,14-15H,7-10,12-13H2,(H,23,24,27). The van der Waals surface area contributed by atoms with Crippen molar-refractivity contribution in [2.45, 2.75) is 31.8 Å². The Morgan fingerprint density at radius 1 is 1.07 bits per heavy atom. The summed E-state index contributed by atoms with van der Waals surface area (Å²) in [6.45, 7) is 1.72. The molecule has 1 saturated heterocycles. The molecule has 2 aliphatic rings. The summed E-state index contributed by atoms with van der Waals surface area (Å²) >= 11 is 0. The van der Waals surface area contributed by atoms with Gasteiger partial charge in [-0.3, -0.25) is 10.1 Å². The third kappa shape index (κ3) is 3.49. The fourth-order valence-corrected chi connectivity index (χ4v) is 3.53. The predicted octanol–water partition coefficient (Wildman–Crippen LogP) is 2.52. The highest BCUT2D eigenvalue weighted by atomic mass is 16.5. The molecule has 3 aromatic heterocycles. The Hall–Kier alpha value is -3.16. The van der Waals surface area contributed by atoms with Gasteiger partial charge in [-0.25, -0.2) is 4.98 Å². The predicted molar refractivity (Wildman–Crippen MR) is 104 cm³/mol. The third-order valence-electron chi connectivity index (χ3n) is 5.21. The van der Waals surface area contributed by atoms with Crippen molar-refractivity contribution in [2.75, 3.05) is 23.3 Å². The highest BCUT2D eigenvalue weighted by molar-refractivity contribution is 5.92. The first-order valence-electron chi connectivity index (χ1n) is 9.75. The molecule has 8 heteroatoms. The van der Waals surface area contributed by atoms with Crippen LogP contribution in [0.15, 0.2) is 42.6 Å². The summed E-state index contributed by atoms with van der Waals surface area (Å²) in [7, 11) is 0. The van der Waals surface area contributed by atoms with Crippen molar-refractivity contribution in [3.63, 3.8) is 0 Å². The number of fused-ring (bicyclic) bond motifs is 1. The van der Waals surface area contributed by atoms with Crippen molar-refractivity contribution in [2.24, 2.45) is 5.92 Å².